The lowest BCUT2D eigenvalue weighted by atomic mass is 10.3. The predicted molar refractivity (Wildman–Crippen MR) is 59.4 cm³/mol. The van der Waals surface area contributed by atoms with E-state index in [1.165, 1.54) is 6.20 Å². The maximum absolute atomic E-state index is 11.6. The third-order valence-electron chi connectivity index (χ3n) is 2.36. The minimum absolute atomic E-state index is 0.192. The highest BCUT2D eigenvalue weighted by Crippen LogP contribution is 2.22. The molecule has 1 atom stereocenters. The fraction of sp³-hybridized carbons (Fsp3) is 0.500. The second kappa shape index (κ2) is 4.81. The molecule has 1 aliphatic heterocycles. The number of carbonyl (C=O) groups is 1. The van der Waals surface area contributed by atoms with E-state index in [-0.39, 0.29) is 12.7 Å². The van der Waals surface area contributed by atoms with Crippen molar-refractivity contribution in [3.05, 3.63) is 30.1 Å². The van der Waals surface area contributed by atoms with Crippen molar-refractivity contribution in [3.63, 3.8) is 0 Å². The molecule has 1 aliphatic rings. The van der Waals surface area contributed by atoms with Crippen molar-refractivity contribution in [1.82, 2.24) is 4.98 Å². The van der Waals surface area contributed by atoms with Crippen LogP contribution in [0.4, 0.5) is 0 Å². The Kier molecular flexibility index (Phi) is 3.40. The van der Waals surface area contributed by atoms with Gasteiger partial charge in [-0.25, -0.2) is 4.79 Å². The first-order valence-electron chi connectivity index (χ1n) is 5.46. The zero-order chi connectivity index (χ0) is 12.3. The van der Waals surface area contributed by atoms with Crippen LogP contribution in [0.15, 0.2) is 24.5 Å². The summed E-state index contributed by atoms with van der Waals surface area (Å²) in [6.45, 7) is 4.29. The molecule has 1 saturated heterocycles. The van der Waals surface area contributed by atoms with E-state index in [2.05, 4.69) is 4.98 Å². The van der Waals surface area contributed by atoms with Gasteiger partial charge in [-0.1, -0.05) is 0 Å². The van der Waals surface area contributed by atoms with Gasteiger partial charge in [0.15, 0.2) is 5.79 Å². The second-order valence-electron chi connectivity index (χ2n) is 4.29. The minimum atomic E-state index is -0.592. The highest BCUT2D eigenvalue weighted by atomic mass is 16.7. The van der Waals surface area contributed by atoms with E-state index in [4.69, 9.17) is 14.2 Å². The van der Waals surface area contributed by atoms with Crippen LogP contribution in [0.25, 0.3) is 0 Å². The van der Waals surface area contributed by atoms with Gasteiger partial charge in [0.2, 0.25) is 0 Å². The first kappa shape index (κ1) is 12.0. The van der Waals surface area contributed by atoms with E-state index < -0.39 is 11.8 Å². The van der Waals surface area contributed by atoms with E-state index in [9.17, 15) is 4.79 Å². The molecule has 0 N–H and O–H groups in total. The molecule has 1 aromatic heterocycles. The molecule has 0 amide bonds. The standard InChI is InChI=1S/C12H15NO4/c1-12(2)16-8-10(17-12)7-15-11(14)9-4-3-5-13-6-9/h3-6,10H,7-8H2,1-2H3. The summed E-state index contributed by atoms with van der Waals surface area (Å²) >= 11 is 0. The zero-order valence-corrected chi connectivity index (χ0v) is 9.88. The Bertz CT molecular complexity index is 391. The molecule has 2 heterocycles. The number of rotatable bonds is 3. The maximum atomic E-state index is 11.6. The quantitative estimate of drug-likeness (QED) is 0.743. The molecule has 2 rings (SSSR count). The molecule has 1 aromatic rings. The van der Waals surface area contributed by atoms with E-state index in [0.29, 0.717) is 12.2 Å². The SMILES string of the molecule is CC1(C)OCC(COC(=O)c2cccnc2)O1. The van der Waals surface area contributed by atoms with Gasteiger partial charge in [-0.3, -0.25) is 4.98 Å². The van der Waals surface area contributed by atoms with Gasteiger partial charge >= 0.3 is 5.97 Å². The first-order valence-corrected chi connectivity index (χ1v) is 5.46. The summed E-state index contributed by atoms with van der Waals surface area (Å²) in [6.07, 6.45) is 2.87. The second-order valence-corrected chi connectivity index (χ2v) is 4.29. The molecule has 0 saturated carbocycles. The first-order chi connectivity index (χ1) is 8.07. The monoisotopic (exact) mass is 237 g/mol. The Balaban J connectivity index is 1.82. The fourth-order valence-corrected chi connectivity index (χ4v) is 1.58. The maximum Gasteiger partial charge on any atom is 0.339 e. The fourth-order valence-electron chi connectivity index (χ4n) is 1.58. The van der Waals surface area contributed by atoms with Crippen LogP contribution in [0.3, 0.4) is 0 Å². The van der Waals surface area contributed by atoms with Gasteiger partial charge < -0.3 is 14.2 Å². The molecular formula is C12H15NO4. The van der Waals surface area contributed by atoms with Crippen LogP contribution in [0.1, 0.15) is 24.2 Å². The number of esters is 1. The molecule has 0 bridgehead atoms. The van der Waals surface area contributed by atoms with Gasteiger partial charge in [0.1, 0.15) is 12.7 Å². The lowest BCUT2D eigenvalue weighted by Gasteiger charge is -2.16. The Labute approximate surface area is 99.7 Å². The highest BCUT2D eigenvalue weighted by molar-refractivity contribution is 5.88. The van der Waals surface area contributed by atoms with Crippen LogP contribution in [0.2, 0.25) is 0 Å². The predicted octanol–water partition coefficient (Wildman–Crippen LogP) is 1.39. The van der Waals surface area contributed by atoms with Crippen molar-refractivity contribution in [1.29, 1.82) is 0 Å². The Morgan fingerprint density at radius 2 is 2.47 bits per heavy atom. The molecule has 92 valence electrons. The molecule has 0 spiro atoms. The van der Waals surface area contributed by atoms with Gasteiger partial charge in [0.25, 0.3) is 0 Å². The lowest BCUT2D eigenvalue weighted by molar-refractivity contribution is -0.142. The number of nitrogens with zero attached hydrogens (tertiary/aromatic N) is 1. The molecule has 5 nitrogen and oxygen atoms in total. The number of aromatic nitrogens is 1. The van der Waals surface area contributed by atoms with E-state index in [1.54, 1.807) is 18.3 Å². The number of carbonyl (C=O) groups excluding carboxylic acids is 1. The van der Waals surface area contributed by atoms with Crippen LogP contribution >= 0.6 is 0 Å². The van der Waals surface area contributed by atoms with Crippen molar-refractivity contribution in [2.75, 3.05) is 13.2 Å². The van der Waals surface area contributed by atoms with Gasteiger partial charge in [0.05, 0.1) is 12.2 Å². The summed E-state index contributed by atoms with van der Waals surface area (Å²) in [5, 5.41) is 0. The molecule has 0 aromatic carbocycles. The number of ether oxygens (including phenoxy) is 3. The van der Waals surface area contributed by atoms with Gasteiger partial charge in [-0.05, 0) is 26.0 Å². The molecule has 17 heavy (non-hydrogen) atoms. The van der Waals surface area contributed by atoms with Crippen LogP contribution in [0.5, 0.6) is 0 Å². The Morgan fingerprint density at radius 1 is 1.65 bits per heavy atom. The summed E-state index contributed by atoms with van der Waals surface area (Å²) in [5.74, 6) is -0.989. The van der Waals surface area contributed by atoms with Gasteiger partial charge in [0, 0.05) is 12.4 Å². The zero-order valence-electron chi connectivity index (χ0n) is 9.88. The van der Waals surface area contributed by atoms with Crippen molar-refractivity contribution >= 4 is 5.97 Å². The largest absolute Gasteiger partial charge is 0.459 e. The van der Waals surface area contributed by atoms with E-state index in [1.807, 2.05) is 13.8 Å². The normalized spacial score (nSPS) is 22.4. The van der Waals surface area contributed by atoms with Crippen LogP contribution in [0, 0.1) is 0 Å². The van der Waals surface area contributed by atoms with Crippen LogP contribution < -0.4 is 0 Å². The highest BCUT2D eigenvalue weighted by Gasteiger charge is 2.33. The third kappa shape index (κ3) is 3.25. The average molecular weight is 237 g/mol. The third-order valence-corrected chi connectivity index (χ3v) is 2.36. The van der Waals surface area contributed by atoms with Crippen molar-refractivity contribution < 1.29 is 19.0 Å². The smallest absolute Gasteiger partial charge is 0.339 e. The van der Waals surface area contributed by atoms with Gasteiger partial charge in [-0.2, -0.15) is 0 Å². The molecule has 0 aliphatic carbocycles. The van der Waals surface area contributed by atoms with E-state index in [0.717, 1.165) is 0 Å². The average Bonchev–Trinajstić information content (AvgIpc) is 2.67. The van der Waals surface area contributed by atoms with Crippen molar-refractivity contribution in [2.24, 2.45) is 0 Å². The number of hydrogen-bond acceptors (Lipinski definition) is 5. The summed E-state index contributed by atoms with van der Waals surface area (Å²) < 4.78 is 16.0. The number of pyridine rings is 1. The minimum Gasteiger partial charge on any atom is -0.459 e. The molecule has 1 unspecified atom stereocenters. The molecule has 1 fully saturated rings. The Hall–Kier alpha value is -1.46. The molecule has 5 heteroatoms. The number of hydrogen-bond donors (Lipinski definition) is 0. The van der Waals surface area contributed by atoms with Crippen LogP contribution in [-0.2, 0) is 14.2 Å². The summed E-state index contributed by atoms with van der Waals surface area (Å²) in [5.41, 5.74) is 0.436. The summed E-state index contributed by atoms with van der Waals surface area (Å²) in [7, 11) is 0. The van der Waals surface area contributed by atoms with E-state index >= 15 is 0 Å². The molecular weight excluding hydrogens is 222 g/mol. The Morgan fingerprint density at radius 3 is 3.06 bits per heavy atom. The molecule has 0 radical (unpaired) electrons. The van der Waals surface area contributed by atoms with Gasteiger partial charge in [-0.15, -0.1) is 0 Å². The van der Waals surface area contributed by atoms with Crippen LogP contribution in [-0.4, -0.2) is 36.1 Å². The van der Waals surface area contributed by atoms with Crippen molar-refractivity contribution in [3.8, 4) is 0 Å². The lowest BCUT2D eigenvalue weighted by Crippen LogP contribution is -2.25. The van der Waals surface area contributed by atoms with Crippen molar-refractivity contribution in [2.45, 2.75) is 25.7 Å². The topological polar surface area (TPSA) is 57.7 Å². The summed E-state index contributed by atoms with van der Waals surface area (Å²) in [4.78, 5) is 15.5. The summed E-state index contributed by atoms with van der Waals surface area (Å²) in [6, 6.07) is 3.35.